The van der Waals surface area contributed by atoms with Gasteiger partial charge in [-0.1, -0.05) is 24.3 Å². The number of nitrogens with two attached hydrogens (primary N) is 1. The van der Waals surface area contributed by atoms with Crippen LogP contribution in [0.15, 0.2) is 24.3 Å². The number of hydrogen-bond donors (Lipinski definition) is 1. The molecule has 0 aliphatic carbocycles. The normalized spacial score (nSPS) is 25.2. The monoisotopic (exact) mass is 262 g/mol. The molecule has 19 heavy (non-hydrogen) atoms. The van der Waals surface area contributed by atoms with E-state index in [9.17, 15) is 4.79 Å². The third-order valence-electron chi connectivity index (χ3n) is 3.64. The van der Waals surface area contributed by atoms with Gasteiger partial charge in [0.25, 0.3) is 0 Å². The summed E-state index contributed by atoms with van der Waals surface area (Å²) in [5.41, 5.74) is 8.05. The SMILES string of the molecule is Cc1ccccc1[C@H]1CN(C(=O)[C@@H](C)N)[C@@H](C)CO1. The van der Waals surface area contributed by atoms with Gasteiger partial charge in [-0.2, -0.15) is 0 Å². The third kappa shape index (κ3) is 2.96. The fourth-order valence-corrected chi connectivity index (χ4v) is 2.46. The van der Waals surface area contributed by atoms with E-state index in [0.29, 0.717) is 13.2 Å². The Morgan fingerprint density at radius 2 is 2.16 bits per heavy atom. The molecule has 104 valence electrons. The molecule has 0 radical (unpaired) electrons. The highest BCUT2D eigenvalue weighted by atomic mass is 16.5. The van der Waals surface area contributed by atoms with Crippen molar-refractivity contribution in [2.45, 2.75) is 39.0 Å². The lowest BCUT2D eigenvalue weighted by Crippen LogP contribution is -2.52. The van der Waals surface area contributed by atoms with Gasteiger partial charge < -0.3 is 15.4 Å². The summed E-state index contributed by atoms with van der Waals surface area (Å²) in [4.78, 5) is 14.0. The van der Waals surface area contributed by atoms with Gasteiger partial charge in [0.15, 0.2) is 0 Å². The summed E-state index contributed by atoms with van der Waals surface area (Å²) in [5.74, 6) is -0.00520. The minimum atomic E-state index is -0.460. The van der Waals surface area contributed by atoms with E-state index in [0.717, 1.165) is 5.56 Å². The molecule has 2 N–H and O–H groups in total. The second-order valence-electron chi connectivity index (χ2n) is 5.31. The van der Waals surface area contributed by atoms with E-state index in [1.54, 1.807) is 6.92 Å². The number of ether oxygens (including phenoxy) is 1. The van der Waals surface area contributed by atoms with Crippen LogP contribution in [0.2, 0.25) is 0 Å². The Labute approximate surface area is 114 Å². The summed E-state index contributed by atoms with van der Waals surface area (Å²) in [6.07, 6.45) is -0.0555. The molecule has 0 spiro atoms. The summed E-state index contributed by atoms with van der Waals surface area (Å²) in [7, 11) is 0. The van der Waals surface area contributed by atoms with Crippen LogP contribution in [0.1, 0.15) is 31.1 Å². The van der Waals surface area contributed by atoms with E-state index in [2.05, 4.69) is 19.1 Å². The largest absolute Gasteiger partial charge is 0.370 e. The predicted octanol–water partition coefficient (Wildman–Crippen LogP) is 1.63. The Kier molecular flexibility index (Phi) is 4.22. The maximum Gasteiger partial charge on any atom is 0.239 e. The first-order valence-corrected chi connectivity index (χ1v) is 6.74. The van der Waals surface area contributed by atoms with Gasteiger partial charge in [-0.05, 0) is 31.9 Å². The van der Waals surface area contributed by atoms with Crippen LogP contribution in [0.3, 0.4) is 0 Å². The van der Waals surface area contributed by atoms with Gasteiger partial charge in [-0.25, -0.2) is 0 Å². The highest BCUT2D eigenvalue weighted by Gasteiger charge is 2.32. The lowest BCUT2D eigenvalue weighted by atomic mass is 10.0. The number of rotatable bonds is 2. The van der Waals surface area contributed by atoms with Crippen LogP contribution < -0.4 is 5.73 Å². The number of nitrogens with zero attached hydrogens (tertiary/aromatic N) is 1. The molecular weight excluding hydrogens is 240 g/mol. The lowest BCUT2D eigenvalue weighted by Gasteiger charge is -2.39. The molecule has 4 nitrogen and oxygen atoms in total. The van der Waals surface area contributed by atoms with Crippen molar-refractivity contribution in [1.29, 1.82) is 0 Å². The van der Waals surface area contributed by atoms with Crippen LogP contribution >= 0.6 is 0 Å². The van der Waals surface area contributed by atoms with Crippen LogP contribution in [0.25, 0.3) is 0 Å². The topological polar surface area (TPSA) is 55.6 Å². The van der Waals surface area contributed by atoms with Crippen molar-refractivity contribution in [2.24, 2.45) is 5.73 Å². The molecule has 1 saturated heterocycles. The molecule has 3 atom stereocenters. The maximum atomic E-state index is 12.1. The number of aryl methyl sites for hydroxylation is 1. The number of carbonyl (C=O) groups is 1. The first-order valence-electron chi connectivity index (χ1n) is 6.74. The van der Waals surface area contributed by atoms with Gasteiger partial charge in [0, 0.05) is 0 Å². The van der Waals surface area contributed by atoms with Gasteiger partial charge in [0.1, 0.15) is 6.10 Å². The molecule has 0 unspecified atom stereocenters. The van der Waals surface area contributed by atoms with Crippen molar-refractivity contribution in [3.63, 3.8) is 0 Å². The second-order valence-corrected chi connectivity index (χ2v) is 5.31. The molecule has 1 fully saturated rings. The molecule has 0 aromatic heterocycles. The standard InChI is InChI=1S/C15H22N2O2/c1-10-6-4-5-7-13(10)14-8-17(11(2)9-19-14)15(18)12(3)16/h4-7,11-12,14H,8-9,16H2,1-3H3/t11-,12+,14+/m0/s1. The van der Waals surface area contributed by atoms with E-state index in [4.69, 9.17) is 10.5 Å². The molecule has 0 saturated carbocycles. The Hall–Kier alpha value is -1.39. The minimum absolute atomic E-state index is 0.00520. The Morgan fingerprint density at radius 3 is 2.79 bits per heavy atom. The Morgan fingerprint density at radius 1 is 1.47 bits per heavy atom. The molecule has 1 heterocycles. The first-order chi connectivity index (χ1) is 9.00. The Balaban J connectivity index is 2.18. The molecule has 4 heteroatoms. The van der Waals surface area contributed by atoms with Crippen molar-refractivity contribution < 1.29 is 9.53 Å². The molecule has 1 amide bonds. The molecular formula is C15H22N2O2. The number of morpholine rings is 1. The van der Waals surface area contributed by atoms with Crippen LogP contribution in [0.4, 0.5) is 0 Å². The van der Waals surface area contributed by atoms with Crippen molar-refractivity contribution >= 4 is 5.91 Å². The molecule has 1 aliphatic heterocycles. The zero-order valence-corrected chi connectivity index (χ0v) is 11.8. The summed E-state index contributed by atoms with van der Waals surface area (Å²) in [5, 5.41) is 0. The van der Waals surface area contributed by atoms with Crippen molar-refractivity contribution in [1.82, 2.24) is 4.90 Å². The Bertz CT molecular complexity index is 459. The second kappa shape index (κ2) is 5.72. The first kappa shape index (κ1) is 14.0. The summed E-state index contributed by atoms with van der Waals surface area (Å²) < 4.78 is 5.88. The van der Waals surface area contributed by atoms with Gasteiger partial charge in [0.2, 0.25) is 5.91 Å². The van der Waals surface area contributed by atoms with E-state index >= 15 is 0 Å². The zero-order valence-electron chi connectivity index (χ0n) is 11.8. The maximum absolute atomic E-state index is 12.1. The van der Waals surface area contributed by atoms with Crippen LogP contribution in [0.5, 0.6) is 0 Å². The van der Waals surface area contributed by atoms with Gasteiger partial charge in [-0.15, -0.1) is 0 Å². The predicted molar refractivity (Wildman–Crippen MR) is 74.7 cm³/mol. The average molecular weight is 262 g/mol. The van der Waals surface area contributed by atoms with Crippen LogP contribution in [-0.4, -0.2) is 36.0 Å². The molecule has 2 rings (SSSR count). The zero-order chi connectivity index (χ0) is 14.0. The molecule has 1 aliphatic rings. The smallest absolute Gasteiger partial charge is 0.239 e. The number of carbonyl (C=O) groups excluding carboxylic acids is 1. The van der Waals surface area contributed by atoms with Crippen molar-refractivity contribution in [3.05, 3.63) is 35.4 Å². The molecule has 1 aromatic carbocycles. The fraction of sp³-hybridized carbons (Fsp3) is 0.533. The van der Waals surface area contributed by atoms with Crippen LogP contribution in [-0.2, 0) is 9.53 Å². The lowest BCUT2D eigenvalue weighted by molar-refractivity contribution is -0.145. The fourth-order valence-electron chi connectivity index (χ4n) is 2.46. The molecule has 1 aromatic rings. The van der Waals surface area contributed by atoms with Gasteiger partial charge in [0.05, 0.1) is 25.2 Å². The van der Waals surface area contributed by atoms with Crippen molar-refractivity contribution in [2.75, 3.05) is 13.2 Å². The van der Waals surface area contributed by atoms with Gasteiger partial charge >= 0.3 is 0 Å². The van der Waals surface area contributed by atoms with Gasteiger partial charge in [-0.3, -0.25) is 4.79 Å². The van der Waals surface area contributed by atoms with Crippen molar-refractivity contribution in [3.8, 4) is 0 Å². The highest BCUT2D eigenvalue weighted by molar-refractivity contribution is 5.81. The minimum Gasteiger partial charge on any atom is -0.370 e. The van der Waals surface area contributed by atoms with E-state index in [1.807, 2.05) is 24.0 Å². The number of benzene rings is 1. The summed E-state index contributed by atoms with van der Waals surface area (Å²) >= 11 is 0. The van der Waals surface area contributed by atoms with E-state index in [1.165, 1.54) is 5.56 Å². The third-order valence-corrected chi connectivity index (χ3v) is 3.64. The van der Waals surface area contributed by atoms with E-state index < -0.39 is 6.04 Å². The summed E-state index contributed by atoms with van der Waals surface area (Å²) in [6, 6.07) is 7.76. The quantitative estimate of drug-likeness (QED) is 0.881. The highest BCUT2D eigenvalue weighted by Crippen LogP contribution is 2.27. The number of hydrogen-bond acceptors (Lipinski definition) is 3. The van der Waals surface area contributed by atoms with E-state index in [-0.39, 0.29) is 18.1 Å². The average Bonchev–Trinajstić information content (AvgIpc) is 2.39. The van der Waals surface area contributed by atoms with Crippen LogP contribution in [0, 0.1) is 6.92 Å². The summed E-state index contributed by atoms with van der Waals surface area (Å²) in [6.45, 7) is 6.92. The number of amides is 1. The molecule has 0 bridgehead atoms.